The zero-order chi connectivity index (χ0) is 13.9. The highest BCUT2D eigenvalue weighted by Crippen LogP contribution is 2.34. The molecule has 1 aliphatic heterocycles. The third-order valence-corrected chi connectivity index (χ3v) is 3.79. The molecule has 1 heterocycles. The number of amides is 1. The second-order valence-corrected chi connectivity index (χ2v) is 5.24. The van der Waals surface area contributed by atoms with Crippen LogP contribution in [0, 0.1) is 0 Å². The van der Waals surface area contributed by atoms with Gasteiger partial charge in [0.2, 0.25) is 5.91 Å². The van der Waals surface area contributed by atoms with Crippen LogP contribution in [0.5, 0.6) is 5.75 Å². The first-order valence-corrected chi connectivity index (χ1v) is 7.16. The lowest BCUT2D eigenvalue weighted by molar-refractivity contribution is -0.118. The highest BCUT2D eigenvalue weighted by molar-refractivity contribution is 5.91. The molecule has 1 amide bonds. The second-order valence-electron chi connectivity index (χ2n) is 5.24. The molecule has 2 aromatic carbocycles. The van der Waals surface area contributed by atoms with Gasteiger partial charge in [0.05, 0.1) is 6.61 Å². The first-order chi connectivity index (χ1) is 9.75. The van der Waals surface area contributed by atoms with Gasteiger partial charge in [-0.2, -0.15) is 0 Å². The maximum absolute atomic E-state index is 11.0. The van der Waals surface area contributed by atoms with Crippen molar-refractivity contribution in [3.63, 3.8) is 0 Å². The minimum Gasteiger partial charge on any atom is -0.493 e. The Balaban J connectivity index is 2.00. The Morgan fingerprint density at radius 2 is 2.20 bits per heavy atom. The van der Waals surface area contributed by atoms with Gasteiger partial charge in [0, 0.05) is 19.0 Å². The van der Waals surface area contributed by atoms with Gasteiger partial charge >= 0.3 is 0 Å². The Hall–Kier alpha value is -2.03. The van der Waals surface area contributed by atoms with Crippen LogP contribution in [0.15, 0.2) is 30.3 Å². The third-order valence-electron chi connectivity index (χ3n) is 3.79. The van der Waals surface area contributed by atoms with Crippen molar-refractivity contribution >= 4 is 16.7 Å². The number of benzene rings is 2. The molecule has 3 nitrogen and oxygen atoms in total. The van der Waals surface area contributed by atoms with Crippen molar-refractivity contribution in [3.8, 4) is 5.75 Å². The highest BCUT2D eigenvalue weighted by Gasteiger charge is 2.15. The molecule has 20 heavy (non-hydrogen) atoms. The van der Waals surface area contributed by atoms with E-state index in [1.807, 2.05) is 0 Å². The number of hydrogen-bond acceptors (Lipinski definition) is 2. The lowest BCUT2D eigenvalue weighted by Crippen LogP contribution is -2.22. The predicted molar refractivity (Wildman–Crippen MR) is 80.2 cm³/mol. The molecule has 0 fully saturated rings. The van der Waals surface area contributed by atoms with E-state index < -0.39 is 0 Å². The van der Waals surface area contributed by atoms with Crippen molar-refractivity contribution in [3.05, 3.63) is 41.5 Å². The second kappa shape index (κ2) is 5.53. The Morgan fingerprint density at radius 1 is 1.30 bits per heavy atom. The normalized spacial score (nSPS) is 13.7. The summed E-state index contributed by atoms with van der Waals surface area (Å²) in [5.41, 5.74) is 2.62. The van der Waals surface area contributed by atoms with Crippen LogP contribution in [0.2, 0.25) is 0 Å². The van der Waals surface area contributed by atoms with E-state index in [1.54, 1.807) is 6.92 Å². The Morgan fingerprint density at radius 3 is 3.05 bits per heavy atom. The standard InChI is InChI=1S/C17H19NO2/c1-12(19)18-10-9-14-5-2-4-13-7-8-16-15(17(13)14)6-3-11-20-16/h2,4-5,7-8H,3,6,9-11H2,1H3,(H,18,19). The van der Waals surface area contributed by atoms with E-state index in [0.717, 1.165) is 31.6 Å². The summed E-state index contributed by atoms with van der Waals surface area (Å²) in [6, 6.07) is 10.6. The summed E-state index contributed by atoms with van der Waals surface area (Å²) in [7, 11) is 0. The van der Waals surface area contributed by atoms with Gasteiger partial charge in [0.1, 0.15) is 5.75 Å². The highest BCUT2D eigenvalue weighted by atomic mass is 16.5. The molecule has 0 atom stereocenters. The number of nitrogens with one attached hydrogen (secondary N) is 1. The van der Waals surface area contributed by atoms with Gasteiger partial charge in [-0.05, 0) is 41.7 Å². The average molecular weight is 269 g/mol. The van der Waals surface area contributed by atoms with Crippen molar-refractivity contribution in [2.75, 3.05) is 13.2 Å². The van der Waals surface area contributed by atoms with E-state index in [4.69, 9.17) is 4.74 Å². The fourth-order valence-electron chi connectivity index (χ4n) is 2.91. The summed E-state index contributed by atoms with van der Waals surface area (Å²) in [6.07, 6.45) is 3.00. The van der Waals surface area contributed by atoms with Gasteiger partial charge in [-0.15, -0.1) is 0 Å². The van der Waals surface area contributed by atoms with Crippen molar-refractivity contribution in [2.45, 2.75) is 26.2 Å². The molecule has 0 radical (unpaired) electrons. The van der Waals surface area contributed by atoms with Gasteiger partial charge in [0.15, 0.2) is 0 Å². The number of hydrogen-bond donors (Lipinski definition) is 1. The van der Waals surface area contributed by atoms with E-state index in [2.05, 4.69) is 35.6 Å². The topological polar surface area (TPSA) is 38.3 Å². The van der Waals surface area contributed by atoms with Crippen LogP contribution in [-0.4, -0.2) is 19.1 Å². The maximum Gasteiger partial charge on any atom is 0.216 e. The lowest BCUT2D eigenvalue weighted by atomic mass is 9.93. The molecular weight excluding hydrogens is 250 g/mol. The summed E-state index contributed by atoms with van der Waals surface area (Å²) < 4.78 is 5.76. The van der Waals surface area contributed by atoms with Gasteiger partial charge in [0.25, 0.3) is 0 Å². The van der Waals surface area contributed by atoms with Crippen LogP contribution in [0.1, 0.15) is 24.5 Å². The summed E-state index contributed by atoms with van der Waals surface area (Å²) >= 11 is 0. The predicted octanol–water partition coefficient (Wildman–Crippen LogP) is 2.84. The maximum atomic E-state index is 11.0. The quantitative estimate of drug-likeness (QED) is 0.930. The summed E-state index contributed by atoms with van der Waals surface area (Å²) in [4.78, 5) is 11.0. The van der Waals surface area contributed by atoms with Crippen LogP contribution < -0.4 is 10.1 Å². The number of fused-ring (bicyclic) bond motifs is 3. The van der Waals surface area contributed by atoms with Gasteiger partial charge in [-0.1, -0.05) is 24.3 Å². The lowest BCUT2D eigenvalue weighted by Gasteiger charge is -2.20. The summed E-state index contributed by atoms with van der Waals surface area (Å²) in [6.45, 7) is 3.05. The molecule has 0 saturated carbocycles. The fourth-order valence-corrected chi connectivity index (χ4v) is 2.91. The first kappa shape index (κ1) is 13.0. The number of aryl methyl sites for hydroxylation is 1. The van der Waals surface area contributed by atoms with E-state index in [1.165, 1.54) is 21.9 Å². The Kier molecular flexibility index (Phi) is 3.59. The van der Waals surface area contributed by atoms with Crippen molar-refractivity contribution < 1.29 is 9.53 Å². The van der Waals surface area contributed by atoms with E-state index >= 15 is 0 Å². The molecule has 0 bridgehead atoms. The largest absolute Gasteiger partial charge is 0.493 e. The number of ether oxygens (including phenoxy) is 1. The summed E-state index contributed by atoms with van der Waals surface area (Å²) in [5, 5.41) is 5.44. The van der Waals surface area contributed by atoms with Crippen LogP contribution >= 0.6 is 0 Å². The van der Waals surface area contributed by atoms with Crippen LogP contribution in [-0.2, 0) is 17.6 Å². The van der Waals surface area contributed by atoms with Crippen molar-refractivity contribution in [2.24, 2.45) is 0 Å². The Labute approximate surface area is 118 Å². The molecule has 1 N–H and O–H groups in total. The van der Waals surface area contributed by atoms with Gasteiger partial charge < -0.3 is 10.1 Å². The van der Waals surface area contributed by atoms with Gasteiger partial charge in [-0.25, -0.2) is 0 Å². The van der Waals surface area contributed by atoms with E-state index in [9.17, 15) is 4.79 Å². The minimum absolute atomic E-state index is 0.0237. The first-order valence-electron chi connectivity index (χ1n) is 7.16. The number of rotatable bonds is 3. The molecule has 1 aliphatic rings. The molecule has 3 rings (SSSR count). The molecule has 3 heteroatoms. The number of carbonyl (C=O) groups excluding carboxylic acids is 1. The Bertz CT molecular complexity index is 649. The minimum atomic E-state index is 0.0237. The molecule has 0 spiro atoms. The zero-order valence-electron chi connectivity index (χ0n) is 11.7. The van der Waals surface area contributed by atoms with Crippen LogP contribution in [0.25, 0.3) is 10.8 Å². The molecule has 0 saturated heterocycles. The molecule has 2 aromatic rings. The van der Waals surface area contributed by atoms with Crippen molar-refractivity contribution in [1.82, 2.24) is 5.32 Å². The average Bonchev–Trinajstić information content (AvgIpc) is 2.46. The van der Waals surface area contributed by atoms with E-state index in [-0.39, 0.29) is 5.91 Å². The molecule has 0 unspecified atom stereocenters. The monoisotopic (exact) mass is 269 g/mol. The zero-order valence-corrected chi connectivity index (χ0v) is 11.7. The molecule has 0 aliphatic carbocycles. The molecular formula is C17H19NO2. The van der Waals surface area contributed by atoms with Crippen LogP contribution in [0.4, 0.5) is 0 Å². The third kappa shape index (κ3) is 2.48. The van der Waals surface area contributed by atoms with Crippen molar-refractivity contribution in [1.29, 1.82) is 0 Å². The molecule has 0 aromatic heterocycles. The SMILES string of the molecule is CC(=O)NCCc1cccc2ccc3c(c12)CCCO3. The smallest absolute Gasteiger partial charge is 0.216 e. The number of carbonyl (C=O) groups is 1. The fraction of sp³-hybridized carbons (Fsp3) is 0.353. The van der Waals surface area contributed by atoms with Crippen LogP contribution in [0.3, 0.4) is 0 Å². The van der Waals surface area contributed by atoms with E-state index in [0.29, 0.717) is 6.54 Å². The van der Waals surface area contributed by atoms with Gasteiger partial charge in [-0.3, -0.25) is 4.79 Å². The summed E-state index contributed by atoms with van der Waals surface area (Å²) in [5.74, 6) is 1.05. The molecule has 104 valence electrons.